The highest BCUT2D eigenvalue weighted by Gasteiger charge is 2.16. The van der Waals surface area contributed by atoms with Gasteiger partial charge in [-0.1, -0.05) is 15.9 Å². The lowest BCUT2D eigenvalue weighted by atomic mass is 10.1. The summed E-state index contributed by atoms with van der Waals surface area (Å²) in [7, 11) is 0. The molecule has 0 spiro atoms. The van der Waals surface area contributed by atoms with Gasteiger partial charge in [-0.2, -0.15) is 0 Å². The fourth-order valence-corrected chi connectivity index (χ4v) is 1.97. The largest absolute Gasteiger partial charge is 0.493 e. The SMILES string of the molecule is O=Cc1cc(OCC2CCOC2)ccc1Br. The van der Waals surface area contributed by atoms with E-state index < -0.39 is 0 Å². The van der Waals surface area contributed by atoms with Gasteiger partial charge in [0.2, 0.25) is 0 Å². The first-order valence-corrected chi connectivity index (χ1v) is 6.04. The van der Waals surface area contributed by atoms with Crippen molar-refractivity contribution in [2.45, 2.75) is 6.42 Å². The zero-order chi connectivity index (χ0) is 11.4. The number of ether oxygens (including phenoxy) is 2. The molecule has 1 saturated heterocycles. The molecular weight excluding hydrogens is 272 g/mol. The van der Waals surface area contributed by atoms with Gasteiger partial charge in [0.25, 0.3) is 0 Å². The highest BCUT2D eigenvalue weighted by molar-refractivity contribution is 9.10. The minimum Gasteiger partial charge on any atom is -0.493 e. The molecule has 4 heteroatoms. The van der Waals surface area contributed by atoms with Gasteiger partial charge in [0.1, 0.15) is 5.75 Å². The molecule has 1 aliphatic rings. The van der Waals surface area contributed by atoms with E-state index in [9.17, 15) is 4.79 Å². The Hall–Kier alpha value is -0.870. The van der Waals surface area contributed by atoms with E-state index in [1.807, 2.05) is 12.1 Å². The maximum absolute atomic E-state index is 10.7. The van der Waals surface area contributed by atoms with Crippen LogP contribution in [-0.2, 0) is 4.74 Å². The van der Waals surface area contributed by atoms with Gasteiger partial charge in [-0.3, -0.25) is 4.79 Å². The van der Waals surface area contributed by atoms with Crippen LogP contribution in [0.25, 0.3) is 0 Å². The van der Waals surface area contributed by atoms with Crippen molar-refractivity contribution in [1.82, 2.24) is 0 Å². The molecule has 1 aromatic rings. The molecule has 0 amide bonds. The van der Waals surface area contributed by atoms with E-state index in [1.54, 1.807) is 6.07 Å². The van der Waals surface area contributed by atoms with Gasteiger partial charge < -0.3 is 9.47 Å². The van der Waals surface area contributed by atoms with E-state index in [0.717, 1.165) is 36.1 Å². The zero-order valence-corrected chi connectivity index (χ0v) is 10.4. The lowest BCUT2D eigenvalue weighted by molar-refractivity contribution is 0.112. The molecule has 0 aliphatic carbocycles. The first-order valence-electron chi connectivity index (χ1n) is 5.25. The van der Waals surface area contributed by atoms with Gasteiger partial charge in [0.15, 0.2) is 6.29 Å². The Morgan fingerprint density at radius 3 is 3.12 bits per heavy atom. The van der Waals surface area contributed by atoms with Gasteiger partial charge in [0, 0.05) is 22.6 Å². The van der Waals surface area contributed by atoms with E-state index in [1.165, 1.54) is 0 Å². The number of carbonyl (C=O) groups is 1. The molecule has 0 saturated carbocycles. The predicted molar refractivity (Wildman–Crippen MR) is 64.0 cm³/mol. The molecule has 1 unspecified atom stereocenters. The Kier molecular flexibility index (Phi) is 3.96. The van der Waals surface area contributed by atoms with Gasteiger partial charge in [-0.05, 0) is 24.6 Å². The van der Waals surface area contributed by atoms with Crippen molar-refractivity contribution >= 4 is 22.2 Å². The second-order valence-electron chi connectivity index (χ2n) is 3.84. The van der Waals surface area contributed by atoms with Crippen LogP contribution in [0.2, 0.25) is 0 Å². The van der Waals surface area contributed by atoms with Crippen LogP contribution >= 0.6 is 15.9 Å². The molecule has 86 valence electrons. The third-order valence-corrected chi connectivity index (χ3v) is 3.33. The molecule has 0 N–H and O–H groups in total. The standard InChI is InChI=1S/C12H13BrO3/c13-12-2-1-11(5-10(12)6-14)16-8-9-3-4-15-7-9/h1-2,5-6,9H,3-4,7-8H2. The molecule has 1 aliphatic heterocycles. The Balaban J connectivity index is 1.95. The Bertz CT molecular complexity index is 373. The number of hydrogen-bond donors (Lipinski definition) is 0. The Morgan fingerprint density at radius 2 is 2.44 bits per heavy atom. The number of rotatable bonds is 4. The van der Waals surface area contributed by atoms with E-state index >= 15 is 0 Å². The monoisotopic (exact) mass is 284 g/mol. The highest BCUT2D eigenvalue weighted by Crippen LogP contribution is 2.22. The smallest absolute Gasteiger partial charge is 0.151 e. The van der Waals surface area contributed by atoms with Gasteiger partial charge in [0.05, 0.1) is 13.2 Å². The van der Waals surface area contributed by atoms with E-state index in [4.69, 9.17) is 9.47 Å². The number of aldehydes is 1. The van der Waals surface area contributed by atoms with Crippen molar-refractivity contribution in [1.29, 1.82) is 0 Å². The van der Waals surface area contributed by atoms with Crippen LogP contribution in [-0.4, -0.2) is 26.1 Å². The highest BCUT2D eigenvalue weighted by atomic mass is 79.9. The minimum atomic E-state index is 0.475. The summed E-state index contributed by atoms with van der Waals surface area (Å²) in [5.74, 6) is 1.21. The summed E-state index contributed by atoms with van der Waals surface area (Å²) in [6.07, 6.45) is 1.87. The fourth-order valence-electron chi connectivity index (χ4n) is 1.63. The summed E-state index contributed by atoms with van der Waals surface area (Å²) in [5.41, 5.74) is 0.611. The maximum atomic E-state index is 10.7. The molecule has 0 bridgehead atoms. The van der Waals surface area contributed by atoms with E-state index in [0.29, 0.717) is 18.1 Å². The molecule has 3 nitrogen and oxygen atoms in total. The molecule has 0 radical (unpaired) electrons. The molecular formula is C12H13BrO3. The lowest BCUT2D eigenvalue weighted by Gasteiger charge is -2.10. The summed E-state index contributed by atoms with van der Waals surface area (Å²) in [5, 5.41) is 0. The van der Waals surface area contributed by atoms with Crippen LogP contribution in [0, 0.1) is 5.92 Å². The van der Waals surface area contributed by atoms with Crippen molar-refractivity contribution in [3.8, 4) is 5.75 Å². The normalized spacial score (nSPS) is 19.7. The van der Waals surface area contributed by atoms with Crippen molar-refractivity contribution in [2.75, 3.05) is 19.8 Å². The van der Waals surface area contributed by atoms with Crippen LogP contribution in [0.1, 0.15) is 16.8 Å². The summed E-state index contributed by atoms with van der Waals surface area (Å²) in [4.78, 5) is 10.7. The molecule has 1 aromatic carbocycles. The van der Waals surface area contributed by atoms with Crippen LogP contribution in [0.5, 0.6) is 5.75 Å². The molecule has 2 rings (SSSR count). The van der Waals surface area contributed by atoms with Gasteiger partial charge in [-0.25, -0.2) is 0 Å². The van der Waals surface area contributed by atoms with Crippen molar-refractivity contribution in [3.05, 3.63) is 28.2 Å². The van der Waals surface area contributed by atoms with Crippen molar-refractivity contribution in [2.24, 2.45) is 5.92 Å². The average Bonchev–Trinajstić information content (AvgIpc) is 2.81. The number of benzene rings is 1. The first-order chi connectivity index (χ1) is 7.79. The summed E-state index contributed by atoms with van der Waals surface area (Å²) >= 11 is 3.30. The summed E-state index contributed by atoms with van der Waals surface area (Å²) in [6, 6.07) is 5.42. The maximum Gasteiger partial charge on any atom is 0.151 e. The quantitative estimate of drug-likeness (QED) is 0.798. The van der Waals surface area contributed by atoms with Crippen LogP contribution in [0.15, 0.2) is 22.7 Å². The average molecular weight is 285 g/mol. The van der Waals surface area contributed by atoms with Crippen molar-refractivity contribution < 1.29 is 14.3 Å². The number of halogens is 1. The van der Waals surface area contributed by atoms with Crippen LogP contribution in [0.3, 0.4) is 0 Å². The van der Waals surface area contributed by atoms with Crippen molar-refractivity contribution in [3.63, 3.8) is 0 Å². The molecule has 1 heterocycles. The second kappa shape index (κ2) is 5.46. The lowest BCUT2D eigenvalue weighted by Crippen LogP contribution is -2.11. The number of carbonyl (C=O) groups excluding carboxylic acids is 1. The third kappa shape index (κ3) is 2.83. The Labute approximate surface area is 103 Å². The van der Waals surface area contributed by atoms with Crippen LogP contribution in [0.4, 0.5) is 0 Å². The summed E-state index contributed by atoms with van der Waals surface area (Å²) in [6.45, 7) is 2.25. The zero-order valence-electron chi connectivity index (χ0n) is 8.82. The van der Waals surface area contributed by atoms with E-state index in [-0.39, 0.29) is 0 Å². The molecule has 1 fully saturated rings. The first kappa shape index (κ1) is 11.6. The predicted octanol–water partition coefficient (Wildman–Crippen LogP) is 2.68. The molecule has 1 atom stereocenters. The number of hydrogen-bond acceptors (Lipinski definition) is 3. The van der Waals surface area contributed by atoms with Gasteiger partial charge >= 0.3 is 0 Å². The minimum absolute atomic E-state index is 0.475. The van der Waals surface area contributed by atoms with Crippen LogP contribution < -0.4 is 4.74 Å². The second-order valence-corrected chi connectivity index (χ2v) is 4.70. The van der Waals surface area contributed by atoms with E-state index in [2.05, 4.69) is 15.9 Å². The molecule has 16 heavy (non-hydrogen) atoms. The topological polar surface area (TPSA) is 35.5 Å². The van der Waals surface area contributed by atoms with Gasteiger partial charge in [-0.15, -0.1) is 0 Å². The third-order valence-electron chi connectivity index (χ3n) is 2.60. The fraction of sp³-hybridized carbons (Fsp3) is 0.417. The molecule has 0 aromatic heterocycles. The Morgan fingerprint density at radius 1 is 1.56 bits per heavy atom. The summed E-state index contributed by atoms with van der Waals surface area (Å²) < 4.78 is 11.7.